The van der Waals surface area contributed by atoms with Gasteiger partial charge in [0.1, 0.15) is 0 Å². The van der Waals surface area contributed by atoms with Crippen LogP contribution in [0, 0.1) is 0 Å². The van der Waals surface area contributed by atoms with Crippen LogP contribution in [-0.2, 0) is 16.6 Å². The summed E-state index contributed by atoms with van der Waals surface area (Å²) in [6, 6.07) is 8.13. The first-order chi connectivity index (χ1) is 9.27. The van der Waals surface area contributed by atoms with Crippen LogP contribution in [0.1, 0.15) is 45.2 Å². The standard InChI is InChI=1S/C17H24NO2/c1-6-13-7-9-14(10-8-13)12-20-15-11-16(2,3)18(19)17(15,4)5/h6-10,15H,1,11-12H2,2-5H3. The number of benzene rings is 1. The molecule has 1 aromatic rings. The molecule has 0 amide bonds. The fourth-order valence-corrected chi connectivity index (χ4v) is 2.91. The van der Waals surface area contributed by atoms with E-state index < -0.39 is 5.54 Å². The van der Waals surface area contributed by atoms with Crippen LogP contribution in [0.4, 0.5) is 0 Å². The molecular weight excluding hydrogens is 250 g/mol. The van der Waals surface area contributed by atoms with Crippen LogP contribution in [0.15, 0.2) is 30.8 Å². The predicted octanol–water partition coefficient (Wildman–Crippen LogP) is 3.82. The van der Waals surface area contributed by atoms with Gasteiger partial charge in [0.05, 0.1) is 18.2 Å². The van der Waals surface area contributed by atoms with Crippen LogP contribution in [0.2, 0.25) is 0 Å². The van der Waals surface area contributed by atoms with Gasteiger partial charge in [0, 0.05) is 5.54 Å². The second kappa shape index (κ2) is 5.32. The number of hydroxylamine groups is 2. The number of rotatable bonds is 4. The molecule has 0 N–H and O–H groups in total. The van der Waals surface area contributed by atoms with Gasteiger partial charge in [-0.2, -0.15) is 0 Å². The first-order valence-corrected chi connectivity index (χ1v) is 7.08. The van der Waals surface area contributed by atoms with Crippen molar-refractivity contribution in [3.8, 4) is 0 Å². The van der Waals surface area contributed by atoms with E-state index in [2.05, 4.69) is 6.58 Å². The van der Waals surface area contributed by atoms with Crippen LogP contribution in [0.3, 0.4) is 0 Å². The third kappa shape index (κ3) is 2.80. The first kappa shape index (κ1) is 15.2. The molecule has 0 bridgehead atoms. The van der Waals surface area contributed by atoms with E-state index in [0.29, 0.717) is 6.61 Å². The molecule has 1 heterocycles. The minimum Gasteiger partial charge on any atom is -0.371 e. The van der Waals surface area contributed by atoms with Crippen molar-refractivity contribution in [1.82, 2.24) is 5.06 Å². The Kier molecular flexibility index (Phi) is 4.05. The first-order valence-electron chi connectivity index (χ1n) is 7.08. The zero-order valence-electron chi connectivity index (χ0n) is 12.8. The van der Waals surface area contributed by atoms with Gasteiger partial charge in [-0.3, -0.25) is 0 Å². The molecule has 0 spiro atoms. The minimum absolute atomic E-state index is 0.0471. The summed E-state index contributed by atoms with van der Waals surface area (Å²) in [5.74, 6) is 0. The van der Waals surface area contributed by atoms with E-state index in [4.69, 9.17) is 4.74 Å². The largest absolute Gasteiger partial charge is 0.371 e. The van der Waals surface area contributed by atoms with Gasteiger partial charge in [0.2, 0.25) is 0 Å². The number of hydrogen-bond acceptors (Lipinski definition) is 2. The van der Waals surface area contributed by atoms with Gasteiger partial charge in [-0.15, -0.1) is 10.3 Å². The third-order valence-corrected chi connectivity index (χ3v) is 4.21. The molecular formula is C17H24NO2. The Labute approximate surface area is 121 Å². The Morgan fingerprint density at radius 2 is 1.90 bits per heavy atom. The van der Waals surface area contributed by atoms with Crippen molar-refractivity contribution in [1.29, 1.82) is 0 Å². The highest BCUT2D eigenvalue weighted by Crippen LogP contribution is 2.41. The molecule has 0 aliphatic carbocycles. The van der Waals surface area contributed by atoms with E-state index in [1.54, 1.807) is 0 Å². The Bertz CT molecular complexity index is 476. The van der Waals surface area contributed by atoms with Crippen LogP contribution in [-0.4, -0.2) is 22.2 Å². The second-order valence-corrected chi connectivity index (χ2v) is 6.71. The zero-order chi connectivity index (χ0) is 15.0. The molecule has 20 heavy (non-hydrogen) atoms. The van der Waals surface area contributed by atoms with E-state index in [1.165, 1.54) is 5.06 Å². The SMILES string of the molecule is C=Cc1ccc(COC2CC(C)(C)N([O])C2(C)C)cc1. The van der Waals surface area contributed by atoms with Crippen LogP contribution in [0.25, 0.3) is 6.08 Å². The quantitative estimate of drug-likeness (QED) is 0.836. The smallest absolute Gasteiger partial charge is 0.0800 e. The lowest BCUT2D eigenvalue weighted by Gasteiger charge is -2.33. The lowest BCUT2D eigenvalue weighted by molar-refractivity contribution is -0.253. The summed E-state index contributed by atoms with van der Waals surface area (Å²) in [5.41, 5.74) is 1.38. The van der Waals surface area contributed by atoms with Gasteiger partial charge in [-0.1, -0.05) is 36.9 Å². The molecule has 1 aliphatic rings. The number of ether oxygens (including phenoxy) is 1. The van der Waals surface area contributed by atoms with E-state index in [0.717, 1.165) is 17.5 Å². The molecule has 109 valence electrons. The molecule has 3 heteroatoms. The fourth-order valence-electron chi connectivity index (χ4n) is 2.91. The van der Waals surface area contributed by atoms with Crippen molar-refractivity contribution < 1.29 is 9.94 Å². The maximum absolute atomic E-state index is 12.3. The zero-order valence-corrected chi connectivity index (χ0v) is 12.8. The molecule has 1 saturated heterocycles. The van der Waals surface area contributed by atoms with Crippen molar-refractivity contribution in [2.24, 2.45) is 0 Å². The van der Waals surface area contributed by atoms with Crippen LogP contribution in [0.5, 0.6) is 0 Å². The third-order valence-electron chi connectivity index (χ3n) is 4.21. The normalized spacial score (nSPS) is 24.8. The highest BCUT2D eigenvalue weighted by molar-refractivity contribution is 5.47. The van der Waals surface area contributed by atoms with Crippen LogP contribution >= 0.6 is 0 Å². The fraction of sp³-hybridized carbons (Fsp3) is 0.529. The molecule has 0 saturated carbocycles. The van der Waals surface area contributed by atoms with Gasteiger partial charge in [0.25, 0.3) is 0 Å². The average Bonchev–Trinajstić information content (AvgIpc) is 2.57. The highest BCUT2D eigenvalue weighted by Gasteiger charge is 2.53. The van der Waals surface area contributed by atoms with Crippen LogP contribution < -0.4 is 0 Å². The Morgan fingerprint density at radius 1 is 1.30 bits per heavy atom. The van der Waals surface area contributed by atoms with Crippen molar-refractivity contribution in [3.63, 3.8) is 0 Å². The molecule has 1 atom stereocenters. The Hall–Kier alpha value is -1.16. The summed E-state index contributed by atoms with van der Waals surface area (Å²) < 4.78 is 6.02. The predicted molar refractivity (Wildman–Crippen MR) is 80.4 cm³/mol. The maximum atomic E-state index is 12.3. The summed E-state index contributed by atoms with van der Waals surface area (Å²) in [7, 11) is 0. The lowest BCUT2D eigenvalue weighted by Crippen LogP contribution is -2.48. The molecule has 0 aromatic heterocycles. The van der Waals surface area contributed by atoms with E-state index in [9.17, 15) is 5.21 Å². The molecule has 1 unspecified atom stereocenters. The molecule has 1 fully saturated rings. The molecule has 3 nitrogen and oxygen atoms in total. The highest BCUT2D eigenvalue weighted by atomic mass is 16.5. The molecule has 1 radical (unpaired) electrons. The van der Waals surface area contributed by atoms with Crippen molar-refractivity contribution in [2.75, 3.05) is 0 Å². The summed E-state index contributed by atoms with van der Waals surface area (Å²) in [6.45, 7) is 12.1. The van der Waals surface area contributed by atoms with Gasteiger partial charge >= 0.3 is 0 Å². The summed E-state index contributed by atoms with van der Waals surface area (Å²) in [5, 5.41) is 13.5. The molecule has 1 aliphatic heterocycles. The minimum atomic E-state index is -0.482. The number of nitrogens with zero attached hydrogens (tertiary/aromatic N) is 1. The Morgan fingerprint density at radius 3 is 2.35 bits per heavy atom. The average molecular weight is 274 g/mol. The van der Waals surface area contributed by atoms with E-state index >= 15 is 0 Å². The van der Waals surface area contributed by atoms with E-state index in [1.807, 2.05) is 58.0 Å². The Balaban J connectivity index is 2.01. The van der Waals surface area contributed by atoms with Gasteiger partial charge in [0.15, 0.2) is 0 Å². The van der Waals surface area contributed by atoms with Gasteiger partial charge in [-0.05, 0) is 45.2 Å². The van der Waals surface area contributed by atoms with Gasteiger partial charge < -0.3 is 4.74 Å². The molecule has 2 rings (SSSR count). The summed E-state index contributed by atoms with van der Waals surface area (Å²) in [6.07, 6.45) is 2.53. The van der Waals surface area contributed by atoms with Crippen molar-refractivity contribution >= 4 is 6.08 Å². The van der Waals surface area contributed by atoms with E-state index in [-0.39, 0.29) is 11.6 Å². The number of hydrogen-bond donors (Lipinski definition) is 0. The summed E-state index contributed by atoms with van der Waals surface area (Å²) in [4.78, 5) is 0. The van der Waals surface area contributed by atoms with Gasteiger partial charge in [-0.25, -0.2) is 0 Å². The summed E-state index contributed by atoms with van der Waals surface area (Å²) >= 11 is 0. The van der Waals surface area contributed by atoms with Crippen molar-refractivity contribution in [2.45, 2.75) is 57.9 Å². The molecule has 1 aromatic carbocycles. The van der Waals surface area contributed by atoms with Crippen molar-refractivity contribution in [3.05, 3.63) is 42.0 Å². The monoisotopic (exact) mass is 274 g/mol. The second-order valence-electron chi connectivity index (χ2n) is 6.71. The topological polar surface area (TPSA) is 32.4 Å². The lowest BCUT2D eigenvalue weighted by atomic mass is 9.97. The maximum Gasteiger partial charge on any atom is 0.0800 e.